The first-order valence-electron chi connectivity index (χ1n) is 6.70. The second kappa shape index (κ2) is 8.32. The van der Waals surface area contributed by atoms with Gasteiger partial charge in [-0.05, 0) is 37.1 Å². The molecular formula is C15H21NO4. The average molecular weight is 279 g/mol. The molecule has 5 heteroatoms. The van der Waals surface area contributed by atoms with Crippen LogP contribution in [0.4, 0.5) is 0 Å². The molecule has 1 aromatic rings. The summed E-state index contributed by atoms with van der Waals surface area (Å²) in [6.07, 6.45) is 3.67. The lowest BCUT2D eigenvalue weighted by Crippen LogP contribution is -2.26. The predicted octanol–water partition coefficient (Wildman–Crippen LogP) is 2.52. The quantitative estimate of drug-likeness (QED) is 0.642. The van der Waals surface area contributed by atoms with Gasteiger partial charge in [0.25, 0.3) is 5.97 Å². The Balaban J connectivity index is 0.000000444. The van der Waals surface area contributed by atoms with Gasteiger partial charge in [0.05, 0.1) is 0 Å². The maximum atomic E-state index is 10.9. The van der Waals surface area contributed by atoms with Gasteiger partial charge in [-0.3, -0.25) is 9.59 Å². The van der Waals surface area contributed by atoms with Gasteiger partial charge in [-0.2, -0.15) is 0 Å². The molecule has 1 heterocycles. The van der Waals surface area contributed by atoms with Crippen molar-refractivity contribution in [2.45, 2.75) is 39.2 Å². The fraction of sp³-hybridized carbons (Fsp3) is 0.467. The molecule has 1 fully saturated rings. The van der Waals surface area contributed by atoms with Gasteiger partial charge in [-0.25, -0.2) is 0 Å². The Labute approximate surface area is 118 Å². The number of hydrogen-bond acceptors (Lipinski definition) is 4. The van der Waals surface area contributed by atoms with Crippen LogP contribution in [-0.2, 0) is 9.59 Å². The number of carboxylic acids is 1. The number of aliphatic carboxylic acids is 1. The van der Waals surface area contributed by atoms with Gasteiger partial charge in [-0.15, -0.1) is 0 Å². The van der Waals surface area contributed by atoms with Crippen LogP contribution in [0.5, 0.6) is 5.75 Å². The van der Waals surface area contributed by atoms with Gasteiger partial charge >= 0.3 is 5.97 Å². The van der Waals surface area contributed by atoms with Crippen LogP contribution in [0.1, 0.15) is 44.7 Å². The first-order valence-corrected chi connectivity index (χ1v) is 6.70. The topological polar surface area (TPSA) is 75.6 Å². The molecule has 0 aromatic heterocycles. The summed E-state index contributed by atoms with van der Waals surface area (Å²) in [6.45, 7) is 3.58. The maximum Gasteiger partial charge on any atom is 0.308 e. The van der Waals surface area contributed by atoms with E-state index in [2.05, 4.69) is 11.4 Å². The van der Waals surface area contributed by atoms with Gasteiger partial charge in [0.15, 0.2) is 0 Å². The summed E-state index contributed by atoms with van der Waals surface area (Å²) in [5, 5.41) is 10.9. The lowest BCUT2D eigenvalue weighted by atomic mass is 9.97. The van der Waals surface area contributed by atoms with Gasteiger partial charge < -0.3 is 15.2 Å². The van der Waals surface area contributed by atoms with Crippen molar-refractivity contribution in [3.8, 4) is 5.75 Å². The molecule has 20 heavy (non-hydrogen) atoms. The molecule has 2 rings (SSSR count). The van der Waals surface area contributed by atoms with Crippen LogP contribution in [-0.4, -0.2) is 23.6 Å². The molecule has 2 N–H and O–H groups in total. The molecule has 5 nitrogen and oxygen atoms in total. The van der Waals surface area contributed by atoms with E-state index in [0.717, 1.165) is 19.9 Å². The summed E-state index contributed by atoms with van der Waals surface area (Å²) >= 11 is 0. The minimum absolute atomic E-state index is 0.270. The van der Waals surface area contributed by atoms with E-state index in [9.17, 15) is 4.79 Å². The normalized spacial score (nSPS) is 17.6. The number of nitrogens with one attached hydrogen (secondary N) is 1. The van der Waals surface area contributed by atoms with Crippen LogP contribution >= 0.6 is 0 Å². The Hall–Kier alpha value is -1.88. The summed E-state index contributed by atoms with van der Waals surface area (Å²) < 4.78 is 5.08. The van der Waals surface area contributed by atoms with Gasteiger partial charge in [0.2, 0.25) is 0 Å². The number of piperidine rings is 1. The van der Waals surface area contributed by atoms with Crippen molar-refractivity contribution >= 4 is 11.9 Å². The lowest BCUT2D eigenvalue weighted by Gasteiger charge is -2.24. The molecule has 1 aliphatic heterocycles. The smallest absolute Gasteiger partial charge is 0.308 e. The van der Waals surface area contributed by atoms with Crippen molar-refractivity contribution in [1.29, 1.82) is 0 Å². The average Bonchev–Trinajstić information content (AvgIpc) is 2.39. The number of rotatable bonds is 2. The molecular weight excluding hydrogens is 258 g/mol. The minimum Gasteiger partial charge on any atom is -0.481 e. The zero-order chi connectivity index (χ0) is 15.0. The third-order valence-electron chi connectivity index (χ3n) is 2.83. The first-order chi connectivity index (χ1) is 9.49. The van der Waals surface area contributed by atoms with Gasteiger partial charge in [0.1, 0.15) is 5.75 Å². The van der Waals surface area contributed by atoms with Gasteiger partial charge in [-0.1, -0.05) is 18.6 Å². The van der Waals surface area contributed by atoms with Crippen molar-refractivity contribution < 1.29 is 19.4 Å². The zero-order valence-corrected chi connectivity index (χ0v) is 11.9. The molecule has 110 valence electrons. The third kappa shape index (κ3) is 6.33. The highest BCUT2D eigenvalue weighted by atomic mass is 16.5. The van der Waals surface area contributed by atoms with Crippen molar-refractivity contribution in [3.63, 3.8) is 0 Å². The number of carbonyl (C=O) groups excluding carboxylic acids is 1. The third-order valence-corrected chi connectivity index (χ3v) is 2.83. The maximum absolute atomic E-state index is 10.9. The van der Waals surface area contributed by atoms with Crippen LogP contribution in [0.15, 0.2) is 24.3 Å². The fourth-order valence-electron chi connectivity index (χ4n) is 2.10. The molecule has 0 bridgehead atoms. The lowest BCUT2D eigenvalue weighted by molar-refractivity contribution is -0.134. The van der Waals surface area contributed by atoms with Crippen LogP contribution in [0, 0.1) is 0 Å². The van der Waals surface area contributed by atoms with Crippen molar-refractivity contribution in [3.05, 3.63) is 29.8 Å². The summed E-state index contributed by atoms with van der Waals surface area (Å²) in [4.78, 5) is 19.9. The predicted molar refractivity (Wildman–Crippen MR) is 75.7 cm³/mol. The van der Waals surface area contributed by atoms with Crippen LogP contribution in [0.3, 0.4) is 0 Å². The number of ether oxygens (including phenoxy) is 1. The largest absolute Gasteiger partial charge is 0.481 e. The second-order valence-electron chi connectivity index (χ2n) is 4.69. The van der Waals surface area contributed by atoms with Crippen LogP contribution in [0.2, 0.25) is 0 Å². The molecule has 1 atom stereocenters. The van der Waals surface area contributed by atoms with E-state index in [1.165, 1.54) is 25.3 Å². The SMILES string of the molecule is CC(=O)O.CC(=O)Oc1cccc(C2CCCCN2)c1. The number of carboxylic acid groups (broad SMARTS) is 1. The highest BCUT2D eigenvalue weighted by Crippen LogP contribution is 2.25. The van der Waals surface area contributed by atoms with Crippen LogP contribution in [0.25, 0.3) is 0 Å². The molecule has 0 amide bonds. The Bertz CT molecular complexity index is 449. The molecule has 1 unspecified atom stereocenters. The van der Waals surface area contributed by atoms with E-state index in [0.29, 0.717) is 11.8 Å². The molecule has 1 saturated heterocycles. The standard InChI is InChI=1S/C13H17NO2.C2H4O2/c1-10(15)16-12-6-4-5-11(9-12)13-7-2-3-8-14-13;1-2(3)4/h4-6,9,13-14H,2-3,7-8H2,1H3;1H3,(H,3,4). The van der Waals surface area contributed by atoms with Crippen molar-refractivity contribution in [2.24, 2.45) is 0 Å². The Morgan fingerprint density at radius 2 is 2.00 bits per heavy atom. The summed E-state index contributed by atoms with van der Waals surface area (Å²) in [5.41, 5.74) is 1.21. The Morgan fingerprint density at radius 3 is 2.55 bits per heavy atom. The van der Waals surface area contributed by atoms with Crippen molar-refractivity contribution in [2.75, 3.05) is 6.54 Å². The van der Waals surface area contributed by atoms with Crippen LogP contribution < -0.4 is 10.1 Å². The molecule has 0 radical (unpaired) electrons. The zero-order valence-electron chi connectivity index (χ0n) is 11.9. The monoisotopic (exact) mass is 279 g/mol. The fourth-order valence-corrected chi connectivity index (χ4v) is 2.10. The second-order valence-corrected chi connectivity index (χ2v) is 4.69. The Morgan fingerprint density at radius 1 is 1.30 bits per heavy atom. The number of esters is 1. The molecule has 0 spiro atoms. The van der Waals surface area contributed by atoms with E-state index >= 15 is 0 Å². The van der Waals surface area contributed by atoms with E-state index in [4.69, 9.17) is 14.6 Å². The van der Waals surface area contributed by atoms with E-state index < -0.39 is 5.97 Å². The number of hydrogen-bond donors (Lipinski definition) is 2. The van der Waals surface area contributed by atoms with Crippen molar-refractivity contribution in [1.82, 2.24) is 5.32 Å². The molecule has 1 aromatic carbocycles. The number of benzene rings is 1. The first kappa shape index (κ1) is 16.2. The summed E-state index contributed by atoms with van der Waals surface area (Å²) in [6, 6.07) is 8.18. The van der Waals surface area contributed by atoms with Gasteiger partial charge in [0, 0.05) is 19.9 Å². The summed E-state index contributed by atoms with van der Waals surface area (Å²) in [5.74, 6) is -0.467. The highest BCUT2D eigenvalue weighted by Gasteiger charge is 2.14. The van der Waals surface area contributed by atoms with E-state index in [-0.39, 0.29) is 5.97 Å². The molecule has 0 saturated carbocycles. The Kier molecular flexibility index (Phi) is 6.73. The molecule has 0 aliphatic carbocycles. The number of carbonyl (C=O) groups is 2. The van der Waals surface area contributed by atoms with E-state index in [1.54, 1.807) is 0 Å². The molecule has 1 aliphatic rings. The highest BCUT2D eigenvalue weighted by molar-refractivity contribution is 5.69. The summed E-state index contributed by atoms with van der Waals surface area (Å²) in [7, 11) is 0. The minimum atomic E-state index is -0.833. The van der Waals surface area contributed by atoms with E-state index in [1.807, 2.05) is 18.2 Å².